The zero-order valence-electron chi connectivity index (χ0n) is 10.2. The second-order valence-electron chi connectivity index (χ2n) is 3.61. The lowest BCUT2D eigenvalue weighted by Crippen LogP contribution is -2.29. The molecule has 1 aromatic carbocycles. The molecule has 1 rings (SSSR count). The number of methoxy groups -OCH3 is 1. The lowest BCUT2D eigenvalue weighted by atomic mass is 10.2. The maximum atomic E-state index is 11.7. The van der Waals surface area contributed by atoms with Crippen LogP contribution in [0.1, 0.15) is 10.4 Å². The fourth-order valence-corrected chi connectivity index (χ4v) is 1.78. The lowest BCUT2D eigenvalue weighted by molar-refractivity contribution is 0.0698. The van der Waals surface area contributed by atoms with Crippen LogP contribution in [0.3, 0.4) is 0 Å². The third-order valence-electron chi connectivity index (χ3n) is 2.18. The Morgan fingerprint density at radius 2 is 2.00 bits per heavy atom. The first-order chi connectivity index (χ1) is 8.27. The van der Waals surface area contributed by atoms with Gasteiger partial charge >= 0.3 is 16.2 Å². The van der Waals surface area contributed by atoms with E-state index >= 15 is 0 Å². The standard InChI is InChI=1S/C10H14N2O5S/c1-12(2)18(15,16)11-9-6-7(17-3)4-5-8(9)10(13)14/h4-6,11H,1-3H3,(H,13,14). The molecule has 0 aliphatic carbocycles. The van der Waals surface area contributed by atoms with E-state index in [4.69, 9.17) is 9.84 Å². The number of hydrogen-bond acceptors (Lipinski definition) is 4. The Hall–Kier alpha value is -1.80. The Morgan fingerprint density at radius 3 is 2.44 bits per heavy atom. The van der Waals surface area contributed by atoms with E-state index in [0.29, 0.717) is 5.75 Å². The highest BCUT2D eigenvalue weighted by Gasteiger charge is 2.18. The summed E-state index contributed by atoms with van der Waals surface area (Å²) < 4.78 is 31.4. The van der Waals surface area contributed by atoms with Crippen LogP contribution < -0.4 is 9.46 Å². The number of carboxylic acid groups (broad SMARTS) is 1. The molecule has 0 aliphatic heterocycles. The molecule has 0 aromatic heterocycles. The number of anilines is 1. The van der Waals surface area contributed by atoms with Crippen LogP contribution in [0.2, 0.25) is 0 Å². The van der Waals surface area contributed by atoms with Crippen molar-refractivity contribution >= 4 is 21.9 Å². The molecule has 18 heavy (non-hydrogen) atoms. The fourth-order valence-electron chi connectivity index (χ4n) is 1.15. The average Bonchev–Trinajstić information content (AvgIpc) is 2.27. The van der Waals surface area contributed by atoms with E-state index in [1.807, 2.05) is 0 Å². The predicted octanol–water partition coefficient (Wildman–Crippen LogP) is 0.612. The second-order valence-corrected chi connectivity index (χ2v) is 5.49. The number of nitrogens with zero attached hydrogens (tertiary/aromatic N) is 1. The molecule has 0 spiro atoms. The first-order valence-electron chi connectivity index (χ1n) is 4.89. The van der Waals surface area contributed by atoms with Crippen molar-refractivity contribution in [2.45, 2.75) is 0 Å². The molecule has 0 bridgehead atoms. The summed E-state index contributed by atoms with van der Waals surface area (Å²) in [5.41, 5.74) is -0.197. The van der Waals surface area contributed by atoms with E-state index < -0.39 is 16.2 Å². The predicted molar refractivity (Wildman–Crippen MR) is 66.2 cm³/mol. The summed E-state index contributed by atoms with van der Waals surface area (Å²) in [6.07, 6.45) is 0. The quantitative estimate of drug-likeness (QED) is 0.820. The summed E-state index contributed by atoms with van der Waals surface area (Å²) in [4.78, 5) is 11.0. The third kappa shape index (κ3) is 3.11. The lowest BCUT2D eigenvalue weighted by Gasteiger charge is -2.15. The van der Waals surface area contributed by atoms with Crippen molar-refractivity contribution in [3.63, 3.8) is 0 Å². The van der Waals surface area contributed by atoms with Gasteiger partial charge in [-0.3, -0.25) is 4.72 Å². The first kappa shape index (κ1) is 14.3. The molecular formula is C10H14N2O5S. The normalized spacial score (nSPS) is 11.3. The Bertz CT molecular complexity index is 553. The van der Waals surface area contributed by atoms with E-state index in [1.165, 1.54) is 39.4 Å². The molecule has 0 saturated carbocycles. The van der Waals surface area contributed by atoms with E-state index in [-0.39, 0.29) is 11.3 Å². The Morgan fingerprint density at radius 1 is 1.39 bits per heavy atom. The molecule has 0 saturated heterocycles. The summed E-state index contributed by atoms with van der Waals surface area (Å²) in [5, 5.41) is 8.98. The third-order valence-corrected chi connectivity index (χ3v) is 3.62. The molecule has 0 radical (unpaired) electrons. The molecule has 100 valence electrons. The van der Waals surface area contributed by atoms with Gasteiger partial charge in [-0.05, 0) is 12.1 Å². The van der Waals surface area contributed by atoms with Gasteiger partial charge in [0.05, 0.1) is 18.4 Å². The molecule has 0 amide bonds. The molecule has 0 fully saturated rings. The topological polar surface area (TPSA) is 95.9 Å². The van der Waals surface area contributed by atoms with Gasteiger partial charge in [0.1, 0.15) is 5.75 Å². The number of carbonyl (C=O) groups is 1. The van der Waals surface area contributed by atoms with Gasteiger partial charge in [-0.1, -0.05) is 0 Å². The zero-order chi connectivity index (χ0) is 13.9. The van der Waals surface area contributed by atoms with Crippen LogP contribution in [0.15, 0.2) is 18.2 Å². The molecule has 0 unspecified atom stereocenters. The van der Waals surface area contributed by atoms with Gasteiger partial charge in [-0.15, -0.1) is 0 Å². The van der Waals surface area contributed by atoms with Gasteiger partial charge in [-0.25, -0.2) is 4.79 Å². The number of carboxylic acids is 1. The minimum Gasteiger partial charge on any atom is -0.497 e. The number of hydrogen-bond donors (Lipinski definition) is 2. The van der Waals surface area contributed by atoms with Crippen LogP contribution in [0.25, 0.3) is 0 Å². The van der Waals surface area contributed by atoms with Crippen molar-refractivity contribution in [3.8, 4) is 5.75 Å². The molecule has 0 heterocycles. The van der Waals surface area contributed by atoms with Crippen LogP contribution >= 0.6 is 0 Å². The Labute approximate surface area is 105 Å². The van der Waals surface area contributed by atoms with Crippen molar-refractivity contribution in [3.05, 3.63) is 23.8 Å². The monoisotopic (exact) mass is 274 g/mol. The van der Waals surface area contributed by atoms with Gasteiger partial charge in [0.2, 0.25) is 0 Å². The van der Waals surface area contributed by atoms with Crippen molar-refractivity contribution in [2.24, 2.45) is 0 Å². The summed E-state index contributed by atoms with van der Waals surface area (Å²) >= 11 is 0. The fraction of sp³-hybridized carbons (Fsp3) is 0.300. The van der Waals surface area contributed by atoms with Gasteiger partial charge in [0.25, 0.3) is 0 Å². The van der Waals surface area contributed by atoms with Crippen LogP contribution in [0.4, 0.5) is 5.69 Å². The molecule has 7 nitrogen and oxygen atoms in total. The molecular weight excluding hydrogens is 260 g/mol. The smallest absolute Gasteiger partial charge is 0.337 e. The number of aromatic carboxylic acids is 1. The minimum atomic E-state index is -3.77. The van der Waals surface area contributed by atoms with E-state index in [2.05, 4.69) is 4.72 Å². The van der Waals surface area contributed by atoms with Crippen molar-refractivity contribution < 1.29 is 23.1 Å². The molecule has 2 N–H and O–H groups in total. The average molecular weight is 274 g/mol. The Balaban J connectivity index is 3.25. The summed E-state index contributed by atoms with van der Waals surface area (Å²) in [5.74, 6) is -0.870. The number of nitrogens with one attached hydrogen (secondary N) is 1. The highest BCUT2D eigenvalue weighted by Crippen LogP contribution is 2.23. The largest absolute Gasteiger partial charge is 0.497 e. The minimum absolute atomic E-state index is 0.0458. The number of benzene rings is 1. The molecule has 0 atom stereocenters. The summed E-state index contributed by atoms with van der Waals surface area (Å²) in [6, 6.07) is 4.02. The van der Waals surface area contributed by atoms with Crippen molar-refractivity contribution in [1.82, 2.24) is 4.31 Å². The van der Waals surface area contributed by atoms with Crippen LogP contribution in [-0.4, -0.2) is 45.0 Å². The summed E-state index contributed by atoms with van der Waals surface area (Å²) in [6.45, 7) is 0. The molecule has 0 aliphatic rings. The van der Waals surface area contributed by atoms with E-state index in [1.54, 1.807) is 0 Å². The van der Waals surface area contributed by atoms with E-state index in [9.17, 15) is 13.2 Å². The summed E-state index contributed by atoms with van der Waals surface area (Å²) in [7, 11) is 0.307. The Kier molecular flexibility index (Phi) is 4.15. The SMILES string of the molecule is COc1ccc(C(=O)O)c(NS(=O)(=O)N(C)C)c1. The number of rotatable bonds is 5. The molecule has 8 heteroatoms. The zero-order valence-corrected chi connectivity index (χ0v) is 11.0. The second kappa shape index (κ2) is 5.23. The number of ether oxygens (including phenoxy) is 1. The highest BCUT2D eigenvalue weighted by molar-refractivity contribution is 7.90. The maximum absolute atomic E-state index is 11.7. The van der Waals surface area contributed by atoms with Crippen molar-refractivity contribution in [1.29, 1.82) is 0 Å². The van der Waals surface area contributed by atoms with Crippen LogP contribution in [0, 0.1) is 0 Å². The van der Waals surface area contributed by atoms with Gasteiger partial charge in [-0.2, -0.15) is 12.7 Å². The van der Waals surface area contributed by atoms with Crippen LogP contribution in [0.5, 0.6) is 5.75 Å². The maximum Gasteiger partial charge on any atom is 0.337 e. The highest BCUT2D eigenvalue weighted by atomic mass is 32.2. The van der Waals surface area contributed by atoms with Gasteiger partial charge in [0.15, 0.2) is 0 Å². The van der Waals surface area contributed by atoms with Gasteiger partial charge < -0.3 is 9.84 Å². The van der Waals surface area contributed by atoms with Crippen LogP contribution in [-0.2, 0) is 10.2 Å². The van der Waals surface area contributed by atoms with Crippen molar-refractivity contribution in [2.75, 3.05) is 25.9 Å². The first-order valence-corrected chi connectivity index (χ1v) is 6.33. The van der Waals surface area contributed by atoms with E-state index in [0.717, 1.165) is 4.31 Å². The molecule has 1 aromatic rings. The van der Waals surface area contributed by atoms with Gasteiger partial charge in [0, 0.05) is 20.2 Å².